The summed E-state index contributed by atoms with van der Waals surface area (Å²) in [6.07, 6.45) is 7.29. The van der Waals surface area contributed by atoms with Crippen LogP contribution in [0, 0.1) is 11.8 Å². The molecular formula is C46H54N2O6. The summed E-state index contributed by atoms with van der Waals surface area (Å²) in [6, 6.07) is 36.0. The Labute approximate surface area is 320 Å². The summed E-state index contributed by atoms with van der Waals surface area (Å²) in [6.45, 7) is 7.80. The van der Waals surface area contributed by atoms with Gasteiger partial charge in [0.05, 0.1) is 30.5 Å². The number of esters is 1. The van der Waals surface area contributed by atoms with Gasteiger partial charge < -0.3 is 25.2 Å². The molecule has 0 heterocycles. The van der Waals surface area contributed by atoms with Crippen LogP contribution in [0.4, 0.5) is 0 Å². The first-order valence-corrected chi connectivity index (χ1v) is 18.8. The van der Waals surface area contributed by atoms with Gasteiger partial charge in [0.15, 0.2) is 0 Å². The molecular weight excluding hydrogens is 677 g/mol. The topological polar surface area (TPSA) is 114 Å². The molecule has 8 nitrogen and oxygen atoms in total. The van der Waals surface area contributed by atoms with E-state index < -0.39 is 18.0 Å². The molecule has 8 heteroatoms. The van der Waals surface area contributed by atoms with Crippen LogP contribution in [0.1, 0.15) is 54.4 Å². The Morgan fingerprint density at radius 2 is 1.24 bits per heavy atom. The van der Waals surface area contributed by atoms with Gasteiger partial charge in [0.25, 0.3) is 0 Å². The van der Waals surface area contributed by atoms with Crippen molar-refractivity contribution in [1.82, 2.24) is 10.6 Å². The molecule has 0 spiro atoms. The van der Waals surface area contributed by atoms with Gasteiger partial charge in [-0.1, -0.05) is 115 Å². The van der Waals surface area contributed by atoms with Crippen molar-refractivity contribution in [3.05, 3.63) is 163 Å². The van der Waals surface area contributed by atoms with Gasteiger partial charge in [-0.25, -0.2) is 0 Å². The fourth-order valence-electron chi connectivity index (χ4n) is 6.28. The van der Waals surface area contributed by atoms with Gasteiger partial charge in [-0.3, -0.25) is 14.4 Å². The number of rotatable bonds is 24. The minimum atomic E-state index is -0.713. The van der Waals surface area contributed by atoms with Crippen molar-refractivity contribution in [2.75, 3.05) is 13.2 Å². The van der Waals surface area contributed by atoms with Crippen molar-refractivity contribution >= 4 is 17.8 Å². The second-order valence-corrected chi connectivity index (χ2v) is 13.6. The number of benzene rings is 4. The molecule has 0 aliphatic rings. The highest BCUT2D eigenvalue weighted by molar-refractivity contribution is 5.86. The molecule has 0 radical (unpaired) electrons. The minimum Gasteiger partial charge on any atom is -0.489 e. The number of carbonyl (C=O) groups excluding carboxylic acids is 3. The SMILES string of the molecule is C=CCCC[C@H](Cc1ccccc1)C(=O)OC[C@H](Cc1ccc(OCc2ccccc2)cc1)NC(=O)[C@H](CC=C)CC(=O)N[C@H](CO)Cc1ccccc1. The number of allylic oxidation sites excluding steroid dienone is 2. The Kier molecular flexibility index (Phi) is 17.8. The van der Waals surface area contributed by atoms with Crippen LogP contribution in [0.3, 0.4) is 0 Å². The number of ether oxygens (including phenoxy) is 2. The van der Waals surface area contributed by atoms with E-state index in [1.807, 2.05) is 121 Å². The molecule has 4 aromatic rings. The molecule has 4 rings (SSSR count). The third-order valence-electron chi connectivity index (χ3n) is 9.21. The van der Waals surface area contributed by atoms with Crippen molar-refractivity contribution in [3.8, 4) is 5.75 Å². The number of nitrogens with one attached hydrogen (secondary N) is 2. The molecule has 4 aromatic carbocycles. The maximum absolute atomic E-state index is 13.8. The van der Waals surface area contributed by atoms with Crippen molar-refractivity contribution in [2.45, 2.75) is 70.1 Å². The predicted molar refractivity (Wildman–Crippen MR) is 214 cm³/mol. The van der Waals surface area contributed by atoms with Crippen LogP contribution in [0.2, 0.25) is 0 Å². The van der Waals surface area contributed by atoms with E-state index in [-0.39, 0.29) is 49.8 Å². The molecule has 4 atom stereocenters. The van der Waals surface area contributed by atoms with Gasteiger partial charge in [0.2, 0.25) is 11.8 Å². The average molecular weight is 731 g/mol. The normalized spacial score (nSPS) is 13.1. The molecule has 2 amide bonds. The maximum Gasteiger partial charge on any atom is 0.309 e. The Morgan fingerprint density at radius 1 is 0.667 bits per heavy atom. The number of amides is 2. The van der Waals surface area contributed by atoms with Crippen molar-refractivity contribution in [1.29, 1.82) is 0 Å². The van der Waals surface area contributed by atoms with E-state index in [2.05, 4.69) is 23.8 Å². The van der Waals surface area contributed by atoms with E-state index in [1.54, 1.807) is 6.08 Å². The number of aliphatic hydroxyl groups is 1. The van der Waals surface area contributed by atoms with Crippen LogP contribution >= 0.6 is 0 Å². The van der Waals surface area contributed by atoms with Gasteiger partial charge in [-0.05, 0) is 79.3 Å². The van der Waals surface area contributed by atoms with Crippen LogP contribution < -0.4 is 15.4 Å². The lowest BCUT2D eigenvalue weighted by molar-refractivity contribution is -0.150. The monoisotopic (exact) mass is 730 g/mol. The molecule has 0 fully saturated rings. The lowest BCUT2D eigenvalue weighted by atomic mass is 9.94. The van der Waals surface area contributed by atoms with Gasteiger partial charge in [0.1, 0.15) is 19.0 Å². The summed E-state index contributed by atoms with van der Waals surface area (Å²) in [5.41, 5.74) is 4.01. The molecule has 0 aliphatic carbocycles. The summed E-state index contributed by atoms with van der Waals surface area (Å²) in [5, 5.41) is 15.9. The second-order valence-electron chi connectivity index (χ2n) is 13.6. The summed E-state index contributed by atoms with van der Waals surface area (Å²) in [4.78, 5) is 40.6. The predicted octanol–water partition coefficient (Wildman–Crippen LogP) is 7.35. The summed E-state index contributed by atoms with van der Waals surface area (Å²) < 4.78 is 11.9. The fourth-order valence-corrected chi connectivity index (χ4v) is 6.28. The number of hydrogen-bond donors (Lipinski definition) is 3. The van der Waals surface area contributed by atoms with Gasteiger partial charge in [-0.2, -0.15) is 0 Å². The first-order chi connectivity index (χ1) is 26.4. The van der Waals surface area contributed by atoms with Crippen LogP contribution in [-0.4, -0.2) is 48.2 Å². The average Bonchev–Trinajstić information content (AvgIpc) is 3.20. The molecule has 0 saturated carbocycles. The van der Waals surface area contributed by atoms with Crippen molar-refractivity contribution < 1.29 is 29.0 Å². The van der Waals surface area contributed by atoms with Crippen LogP contribution in [-0.2, 0) is 45.0 Å². The summed E-state index contributed by atoms with van der Waals surface area (Å²) >= 11 is 0. The molecule has 54 heavy (non-hydrogen) atoms. The number of aliphatic hydroxyl groups excluding tert-OH is 1. The summed E-state index contributed by atoms with van der Waals surface area (Å²) in [5.74, 6) is -1.35. The molecule has 0 unspecified atom stereocenters. The highest BCUT2D eigenvalue weighted by Gasteiger charge is 2.27. The Bertz CT molecular complexity index is 1710. The smallest absolute Gasteiger partial charge is 0.309 e. The van der Waals surface area contributed by atoms with Gasteiger partial charge in [-0.15, -0.1) is 13.2 Å². The fraction of sp³-hybridized carbons (Fsp3) is 0.326. The van der Waals surface area contributed by atoms with E-state index in [0.29, 0.717) is 38.0 Å². The third kappa shape index (κ3) is 14.9. The number of unbranched alkanes of at least 4 members (excludes halogenated alkanes) is 1. The highest BCUT2D eigenvalue weighted by Crippen LogP contribution is 2.20. The van der Waals surface area contributed by atoms with E-state index >= 15 is 0 Å². The van der Waals surface area contributed by atoms with E-state index in [9.17, 15) is 19.5 Å². The zero-order chi connectivity index (χ0) is 38.4. The van der Waals surface area contributed by atoms with Crippen molar-refractivity contribution in [3.63, 3.8) is 0 Å². The second kappa shape index (κ2) is 23.2. The number of hydrogen-bond acceptors (Lipinski definition) is 6. The van der Waals surface area contributed by atoms with Crippen molar-refractivity contribution in [2.24, 2.45) is 11.8 Å². The number of carbonyl (C=O) groups is 3. The standard InChI is InChI=1S/C46H54N2O6/c1-3-5-9-23-40(28-35-17-10-6-11-18-35)46(52)54-34-42(30-37-24-26-43(27-25-37)53-33-38-21-14-8-15-22-38)48-45(51)39(16-4-2)31-44(50)47-41(32-49)29-36-19-12-7-13-20-36/h3-4,6-8,10-15,17-22,24-27,39-42,49H,1-2,5,9,16,23,28-34H2,(H,47,50)(H,48,51)/t39-,40-,41+,42+/m1/s1. The van der Waals surface area contributed by atoms with E-state index in [4.69, 9.17) is 9.47 Å². The zero-order valence-electron chi connectivity index (χ0n) is 31.1. The zero-order valence-corrected chi connectivity index (χ0v) is 31.1. The molecule has 0 aromatic heterocycles. The Hall–Kier alpha value is -5.47. The third-order valence-corrected chi connectivity index (χ3v) is 9.21. The van der Waals surface area contributed by atoms with Gasteiger partial charge >= 0.3 is 5.97 Å². The van der Waals surface area contributed by atoms with Crippen LogP contribution in [0.5, 0.6) is 5.75 Å². The van der Waals surface area contributed by atoms with Crippen LogP contribution in [0.15, 0.2) is 141 Å². The molecule has 0 saturated heterocycles. The first kappa shape index (κ1) is 41.3. The quantitative estimate of drug-likeness (QED) is 0.0395. The lowest BCUT2D eigenvalue weighted by Gasteiger charge is -2.24. The summed E-state index contributed by atoms with van der Waals surface area (Å²) in [7, 11) is 0. The highest BCUT2D eigenvalue weighted by atomic mass is 16.5. The van der Waals surface area contributed by atoms with E-state index in [0.717, 1.165) is 35.1 Å². The van der Waals surface area contributed by atoms with Crippen LogP contribution in [0.25, 0.3) is 0 Å². The van der Waals surface area contributed by atoms with E-state index in [1.165, 1.54) is 0 Å². The molecule has 3 N–H and O–H groups in total. The first-order valence-electron chi connectivity index (χ1n) is 18.8. The Balaban J connectivity index is 1.44. The Morgan fingerprint density at radius 3 is 1.83 bits per heavy atom. The lowest BCUT2D eigenvalue weighted by Crippen LogP contribution is -2.45. The molecule has 0 aliphatic heterocycles. The minimum absolute atomic E-state index is 0.0414. The largest absolute Gasteiger partial charge is 0.489 e. The molecule has 0 bridgehead atoms. The maximum atomic E-state index is 13.8. The van der Waals surface area contributed by atoms with Gasteiger partial charge in [0, 0.05) is 6.42 Å². The molecule has 284 valence electrons.